The van der Waals surface area contributed by atoms with Crippen molar-refractivity contribution >= 4 is 22.9 Å². The highest BCUT2D eigenvalue weighted by Crippen LogP contribution is 2.34. The number of halogens is 1. The fourth-order valence-electron chi connectivity index (χ4n) is 1.49. The highest BCUT2D eigenvalue weighted by molar-refractivity contribution is 7.13. The first-order chi connectivity index (χ1) is 8.74. The van der Waals surface area contributed by atoms with Crippen molar-refractivity contribution in [2.75, 3.05) is 0 Å². The lowest BCUT2D eigenvalue weighted by Crippen LogP contribution is -1.79. The Morgan fingerprint density at radius 2 is 1.94 bits per heavy atom. The monoisotopic (exact) mass is 278 g/mol. The van der Waals surface area contributed by atoms with Crippen molar-refractivity contribution in [3.8, 4) is 27.9 Å². The molecule has 0 fully saturated rings. The van der Waals surface area contributed by atoms with E-state index in [-0.39, 0.29) is 5.75 Å². The summed E-state index contributed by atoms with van der Waals surface area (Å²) in [5, 5.41) is 15.9. The summed E-state index contributed by atoms with van der Waals surface area (Å²) in [7, 11) is 0. The van der Waals surface area contributed by atoms with Gasteiger partial charge in [-0.2, -0.15) is 4.98 Å². The number of benzene rings is 1. The van der Waals surface area contributed by atoms with Crippen molar-refractivity contribution in [2.45, 2.75) is 0 Å². The van der Waals surface area contributed by atoms with E-state index in [4.69, 9.17) is 16.1 Å². The van der Waals surface area contributed by atoms with Crippen LogP contribution in [0.4, 0.5) is 0 Å². The summed E-state index contributed by atoms with van der Waals surface area (Å²) in [6.45, 7) is 0. The maximum Gasteiger partial charge on any atom is 0.272 e. The lowest BCUT2D eigenvalue weighted by molar-refractivity contribution is 0.427. The third-order valence-electron chi connectivity index (χ3n) is 2.37. The van der Waals surface area contributed by atoms with Crippen LogP contribution in [0.2, 0.25) is 5.02 Å². The van der Waals surface area contributed by atoms with Gasteiger partial charge in [0, 0.05) is 10.6 Å². The lowest BCUT2D eigenvalue weighted by atomic mass is 10.2. The second-order valence-electron chi connectivity index (χ2n) is 3.56. The molecular formula is C12H7ClN2O2S. The van der Waals surface area contributed by atoms with Crippen LogP contribution in [0.15, 0.2) is 40.2 Å². The lowest BCUT2D eigenvalue weighted by Gasteiger charge is -1.93. The Bertz CT molecular complexity index is 675. The Hall–Kier alpha value is -1.85. The van der Waals surface area contributed by atoms with Crippen LogP contribution in [0, 0.1) is 0 Å². The van der Waals surface area contributed by atoms with E-state index in [9.17, 15) is 5.11 Å². The minimum Gasteiger partial charge on any atom is -0.506 e. The Balaban J connectivity index is 1.99. The summed E-state index contributed by atoms with van der Waals surface area (Å²) in [5.41, 5.74) is 0.811. The van der Waals surface area contributed by atoms with E-state index in [0.29, 0.717) is 21.6 Å². The smallest absolute Gasteiger partial charge is 0.272 e. The van der Waals surface area contributed by atoms with Crippen LogP contribution in [-0.2, 0) is 0 Å². The van der Waals surface area contributed by atoms with Crippen molar-refractivity contribution in [3.05, 3.63) is 40.7 Å². The fourth-order valence-corrected chi connectivity index (χ4v) is 2.33. The number of hydrogen-bond acceptors (Lipinski definition) is 5. The van der Waals surface area contributed by atoms with E-state index in [1.807, 2.05) is 12.1 Å². The number of aromatic hydroxyl groups is 1. The molecule has 0 bridgehead atoms. The molecule has 0 radical (unpaired) electrons. The molecule has 1 N–H and O–H groups in total. The minimum atomic E-state index is 0.145. The van der Waals surface area contributed by atoms with Crippen molar-refractivity contribution in [1.82, 2.24) is 10.1 Å². The van der Waals surface area contributed by atoms with Crippen LogP contribution < -0.4 is 0 Å². The highest BCUT2D eigenvalue weighted by atomic mass is 35.5. The van der Waals surface area contributed by atoms with Gasteiger partial charge in [-0.15, -0.1) is 11.3 Å². The molecule has 2 heterocycles. The Morgan fingerprint density at radius 1 is 1.17 bits per heavy atom. The number of nitrogens with zero attached hydrogens (tertiary/aromatic N) is 2. The molecular weight excluding hydrogens is 272 g/mol. The minimum absolute atomic E-state index is 0.145. The van der Waals surface area contributed by atoms with Crippen molar-refractivity contribution in [2.24, 2.45) is 0 Å². The van der Waals surface area contributed by atoms with Gasteiger partial charge in [0.15, 0.2) is 0 Å². The number of rotatable bonds is 2. The van der Waals surface area contributed by atoms with Gasteiger partial charge in [-0.3, -0.25) is 0 Å². The summed E-state index contributed by atoms with van der Waals surface area (Å²) in [6.07, 6.45) is 0. The summed E-state index contributed by atoms with van der Waals surface area (Å²) < 4.78 is 5.13. The van der Waals surface area contributed by atoms with Crippen LogP contribution in [0.3, 0.4) is 0 Å². The third kappa shape index (κ3) is 1.98. The van der Waals surface area contributed by atoms with Gasteiger partial charge in [0.1, 0.15) is 10.6 Å². The molecule has 0 aliphatic heterocycles. The maximum absolute atomic E-state index is 9.59. The van der Waals surface area contributed by atoms with Gasteiger partial charge < -0.3 is 9.63 Å². The van der Waals surface area contributed by atoms with E-state index < -0.39 is 0 Å². The first-order valence-electron chi connectivity index (χ1n) is 5.10. The largest absolute Gasteiger partial charge is 0.506 e. The van der Waals surface area contributed by atoms with Gasteiger partial charge in [-0.05, 0) is 35.7 Å². The molecule has 0 unspecified atom stereocenters. The first-order valence-corrected chi connectivity index (χ1v) is 6.36. The van der Waals surface area contributed by atoms with Crippen molar-refractivity contribution < 1.29 is 9.63 Å². The second-order valence-corrected chi connectivity index (χ2v) is 4.92. The summed E-state index contributed by atoms with van der Waals surface area (Å²) in [6, 6.07) is 8.73. The zero-order valence-electron chi connectivity index (χ0n) is 9.00. The average molecular weight is 279 g/mol. The van der Waals surface area contributed by atoms with Crippen molar-refractivity contribution in [3.63, 3.8) is 0 Å². The zero-order chi connectivity index (χ0) is 12.5. The third-order valence-corrected chi connectivity index (χ3v) is 3.51. The SMILES string of the molecule is Oc1ccsc1-c1nc(-c2ccc(Cl)cc2)no1. The second kappa shape index (κ2) is 4.44. The van der Waals surface area contributed by atoms with Gasteiger partial charge in [0.05, 0.1) is 0 Å². The molecule has 0 spiro atoms. The number of aromatic nitrogens is 2. The van der Waals surface area contributed by atoms with Gasteiger partial charge in [0.25, 0.3) is 5.89 Å². The summed E-state index contributed by atoms with van der Waals surface area (Å²) in [5.74, 6) is 0.924. The molecule has 0 saturated heterocycles. The Kier molecular flexibility index (Phi) is 2.77. The normalized spacial score (nSPS) is 10.7. The Morgan fingerprint density at radius 3 is 2.61 bits per heavy atom. The highest BCUT2D eigenvalue weighted by Gasteiger charge is 2.14. The molecule has 0 aliphatic carbocycles. The Labute approximate surface area is 111 Å². The molecule has 0 amide bonds. The molecule has 3 aromatic rings. The van der Waals surface area contributed by atoms with Gasteiger partial charge in [-0.1, -0.05) is 16.8 Å². The number of hydrogen-bond donors (Lipinski definition) is 1. The van der Waals surface area contributed by atoms with Crippen LogP contribution >= 0.6 is 22.9 Å². The zero-order valence-corrected chi connectivity index (χ0v) is 10.6. The maximum atomic E-state index is 9.59. The molecule has 3 rings (SSSR count). The molecule has 6 heteroatoms. The quantitative estimate of drug-likeness (QED) is 0.774. The predicted molar refractivity (Wildman–Crippen MR) is 69.7 cm³/mol. The average Bonchev–Trinajstić information content (AvgIpc) is 2.98. The molecule has 18 heavy (non-hydrogen) atoms. The van der Waals surface area contributed by atoms with E-state index in [2.05, 4.69) is 10.1 Å². The van der Waals surface area contributed by atoms with Crippen LogP contribution in [0.1, 0.15) is 0 Å². The van der Waals surface area contributed by atoms with Crippen molar-refractivity contribution in [1.29, 1.82) is 0 Å². The summed E-state index contributed by atoms with van der Waals surface area (Å²) in [4.78, 5) is 4.81. The van der Waals surface area contributed by atoms with E-state index in [1.165, 1.54) is 11.3 Å². The predicted octanol–water partition coefficient (Wildman–Crippen LogP) is 3.82. The molecule has 0 aliphatic rings. The van der Waals surface area contributed by atoms with E-state index in [1.54, 1.807) is 23.6 Å². The topological polar surface area (TPSA) is 59.2 Å². The first kappa shape index (κ1) is 11.3. The van der Waals surface area contributed by atoms with Gasteiger partial charge in [0.2, 0.25) is 5.82 Å². The molecule has 0 atom stereocenters. The molecule has 2 aromatic heterocycles. The van der Waals surface area contributed by atoms with E-state index >= 15 is 0 Å². The van der Waals surface area contributed by atoms with E-state index in [0.717, 1.165) is 5.56 Å². The summed E-state index contributed by atoms with van der Waals surface area (Å²) >= 11 is 7.16. The molecule has 4 nitrogen and oxygen atoms in total. The van der Waals surface area contributed by atoms with Crippen LogP contribution in [-0.4, -0.2) is 15.2 Å². The standard InChI is InChI=1S/C12H7ClN2O2S/c13-8-3-1-7(2-4-8)11-14-12(17-15-11)10-9(16)5-6-18-10/h1-6,16H. The molecule has 1 aromatic carbocycles. The van der Waals surface area contributed by atoms with Gasteiger partial charge in [-0.25, -0.2) is 0 Å². The van der Waals surface area contributed by atoms with Crippen LogP contribution in [0.5, 0.6) is 5.75 Å². The van der Waals surface area contributed by atoms with Crippen LogP contribution in [0.25, 0.3) is 22.2 Å². The molecule has 90 valence electrons. The molecule has 0 saturated carbocycles. The van der Waals surface area contributed by atoms with Gasteiger partial charge >= 0.3 is 0 Å². The fraction of sp³-hybridized carbons (Fsp3) is 0. The number of thiophene rings is 1.